The highest BCUT2D eigenvalue weighted by Crippen LogP contribution is 2.22. The number of likely N-dealkylation sites (tertiary alicyclic amines) is 1. The molecular formula is C18H27NO3. The summed E-state index contributed by atoms with van der Waals surface area (Å²) in [6, 6.07) is 8.37. The molecule has 0 N–H and O–H groups in total. The molecular weight excluding hydrogens is 278 g/mol. The minimum atomic E-state index is 0.420. The molecule has 0 aromatic heterocycles. The Hall–Kier alpha value is -1.10. The maximum absolute atomic E-state index is 6.24. The Morgan fingerprint density at radius 2 is 1.82 bits per heavy atom. The Balaban J connectivity index is 1.43. The molecule has 3 rings (SSSR count). The fraction of sp³-hybridized carbons (Fsp3) is 0.667. The van der Waals surface area contributed by atoms with E-state index in [1.807, 2.05) is 6.07 Å². The molecule has 0 unspecified atom stereocenters. The molecule has 0 atom stereocenters. The zero-order valence-corrected chi connectivity index (χ0v) is 13.5. The Bertz CT molecular complexity index is 451. The number of benzene rings is 1. The smallest absolute Gasteiger partial charge is 0.119 e. The Morgan fingerprint density at radius 1 is 1.09 bits per heavy atom. The van der Waals surface area contributed by atoms with E-state index in [1.165, 1.54) is 5.56 Å². The van der Waals surface area contributed by atoms with Gasteiger partial charge in [-0.25, -0.2) is 0 Å². The highest BCUT2D eigenvalue weighted by molar-refractivity contribution is 5.28. The molecule has 0 radical (unpaired) electrons. The van der Waals surface area contributed by atoms with Crippen molar-refractivity contribution in [2.24, 2.45) is 0 Å². The number of methoxy groups -OCH3 is 1. The van der Waals surface area contributed by atoms with Crippen molar-refractivity contribution in [2.45, 2.75) is 44.4 Å². The number of hydrogen-bond acceptors (Lipinski definition) is 4. The lowest BCUT2D eigenvalue weighted by Crippen LogP contribution is -2.39. The molecule has 1 aromatic rings. The maximum atomic E-state index is 6.24. The Labute approximate surface area is 133 Å². The molecule has 4 nitrogen and oxygen atoms in total. The Morgan fingerprint density at radius 3 is 2.55 bits per heavy atom. The van der Waals surface area contributed by atoms with E-state index in [0.29, 0.717) is 12.2 Å². The second-order valence-electron chi connectivity index (χ2n) is 6.27. The molecule has 122 valence electrons. The van der Waals surface area contributed by atoms with Gasteiger partial charge >= 0.3 is 0 Å². The van der Waals surface area contributed by atoms with E-state index in [2.05, 4.69) is 23.1 Å². The van der Waals surface area contributed by atoms with E-state index in [0.717, 1.165) is 64.3 Å². The number of piperidine rings is 1. The minimum absolute atomic E-state index is 0.420. The van der Waals surface area contributed by atoms with Gasteiger partial charge in [-0.1, -0.05) is 12.1 Å². The van der Waals surface area contributed by atoms with Gasteiger partial charge < -0.3 is 14.2 Å². The van der Waals surface area contributed by atoms with Crippen LogP contribution < -0.4 is 4.74 Å². The van der Waals surface area contributed by atoms with Gasteiger partial charge in [-0.15, -0.1) is 0 Å². The lowest BCUT2D eigenvalue weighted by atomic mass is 10.1. The third-order valence-electron chi connectivity index (χ3n) is 4.63. The molecule has 0 amide bonds. The van der Waals surface area contributed by atoms with Crippen LogP contribution in [0.15, 0.2) is 24.3 Å². The highest BCUT2D eigenvalue weighted by Gasteiger charge is 2.24. The van der Waals surface area contributed by atoms with Crippen molar-refractivity contribution in [2.75, 3.05) is 33.4 Å². The Kier molecular flexibility index (Phi) is 5.70. The second-order valence-corrected chi connectivity index (χ2v) is 6.27. The first kappa shape index (κ1) is 15.8. The number of hydrogen-bond donors (Lipinski definition) is 0. The molecule has 0 aliphatic carbocycles. The number of ether oxygens (including phenoxy) is 3. The summed E-state index contributed by atoms with van der Waals surface area (Å²) in [5.74, 6) is 0.940. The third kappa shape index (κ3) is 4.45. The average molecular weight is 305 g/mol. The van der Waals surface area contributed by atoms with Crippen LogP contribution in [0.5, 0.6) is 5.75 Å². The monoisotopic (exact) mass is 305 g/mol. The summed E-state index contributed by atoms with van der Waals surface area (Å²) in [6.45, 7) is 4.95. The maximum Gasteiger partial charge on any atom is 0.119 e. The van der Waals surface area contributed by atoms with Crippen molar-refractivity contribution in [3.05, 3.63) is 29.8 Å². The second kappa shape index (κ2) is 7.95. The molecule has 0 bridgehead atoms. The summed E-state index contributed by atoms with van der Waals surface area (Å²) in [7, 11) is 1.72. The van der Waals surface area contributed by atoms with Gasteiger partial charge in [0.1, 0.15) is 5.75 Å². The highest BCUT2D eigenvalue weighted by atomic mass is 16.5. The molecule has 2 aliphatic rings. The van der Waals surface area contributed by atoms with Crippen LogP contribution in [0.4, 0.5) is 0 Å². The molecule has 0 spiro atoms. The SMILES string of the molecule is COc1cccc(CN2CCC(OC3CCOCC3)CC2)c1. The summed E-state index contributed by atoms with van der Waals surface area (Å²) >= 11 is 0. The third-order valence-corrected chi connectivity index (χ3v) is 4.63. The van der Waals surface area contributed by atoms with Crippen molar-refractivity contribution >= 4 is 0 Å². The quantitative estimate of drug-likeness (QED) is 0.837. The molecule has 2 fully saturated rings. The topological polar surface area (TPSA) is 30.9 Å². The van der Waals surface area contributed by atoms with Crippen LogP contribution in [0.2, 0.25) is 0 Å². The molecule has 0 saturated carbocycles. The van der Waals surface area contributed by atoms with Gasteiger partial charge in [0.15, 0.2) is 0 Å². The molecule has 2 saturated heterocycles. The zero-order valence-electron chi connectivity index (χ0n) is 13.5. The van der Waals surface area contributed by atoms with Crippen molar-refractivity contribution < 1.29 is 14.2 Å². The molecule has 2 aliphatic heterocycles. The van der Waals surface area contributed by atoms with Crippen LogP contribution in [0.25, 0.3) is 0 Å². The van der Waals surface area contributed by atoms with Crippen molar-refractivity contribution in [3.8, 4) is 5.75 Å². The van der Waals surface area contributed by atoms with Gasteiger partial charge in [-0.3, -0.25) is 4.90 Å². The largest absolute Gasteiger partial charge is 0.497 e. The number of nitrogens with zero attached hydrogens (tertiary/aromatic N) is 1. The van der Waals surface area contributed by atoms with Gasteiger partial charge in [0.25, 0.3) is 0 Å². The van der Waals surface area contributed by atoms with Crippen molar-refractivity contribution in [1.29, 1.82) is 0 Å². The van der Waals surface area contributed by atoms with Crippen LogP contribution in [-0.2, 0) is 16.0 Å². The lowest BCUT2D eigenvalue weighted by molar-refractivity contribution is -0.0851. The van der Waals surface area contributed by atoms with E-state index >= 15 is 0 Å². The predicted octanol–water partition coefficient (Wildman–Crippen LogP) is 2.86. The van der Waals surface area contributed by atoms with Crippen LogP contribution in [0, 0.1) is 0 Å². The van der Waals surface area contributed by atoms with E-state index < -0.39 is 0 Å². The van der Waals surface area contributed by atoms with Crippen LogP contribution >= 0.6 is 0 Å². The molecule has 1 aromatic carbocycles. The summed E-state index contributed by atoms with van der Waals surface area (Å²) in [5, 5.41) is 0. The number of rotatable bonds is 5. The molecule has 22 heavy (non-hydrogen) atoms. The fourth-order valence-corrected chi connectivity index (χ4v) is 3.32. The van der Waals surface area contributed by atoms with Gasteiger partial charge in [0, 0.05) is 32.8 Å². The summed E-state index contributed by atoms with van der Waals surface area (Å²) in [5.41, 5.74) is 1.32. The first-order valence-corrected chi connectivity index (χ1v) is 8.42. The normalized spacial score (nSPS) is 21.9. The average Bonchev–Trinajstić information content (AvgIpc) is 2.58. The molecule has 2 heterocycles. The summed E-state index contributed by atoms with van der Waals surface area (Å²) in [4.78, 5) is 2.51. The van der Waals surface area contributed by atoms with E-state index in [9.17, 15) is 0 Å². The summed E-state index contributed by atoms with van der Waals surface area (Å²) in [6.07, 6.45) is 5.25. The van der Waals surface area contributed by atoms with Crippen LogP contribution in [0.1, 0.15) is 31.2 Å². The van der Waals surface area contributed by atoms with E-state index in [-0.39, 0.29) is 0 Å². The first-order chi connectivity index (χ1) is 10.8. The van der Waals surface area contributed by atoms with Crippen molar-refractivity contribution in [3.63, 3.8) is 0 Å². The summed E-state index contributed by atoms with van der Waals surface area (Å²) < 4.78 is 16.9. The van der Waals surface area contributed by atoms with Crippen molar-refractivity contribution in [1.82, 2.24) is 4.90 Å². The fourth-order valence-electron chi connectivity index (χ4n) is 3.32. The standard InChI is InChI=1S/C18H27NO3/c1-20-18-4-2-3-15(13-18)14-19-9-5-16(6-10-19)22-17-7-11-21-12-8-17/h2-4,13,16-17H,5-12,14H2,1H3. The molecule has 4 heteroatoms. The van der Waals surface area contributed by atoms with Crippen LogP contribution in [-0.4, -0.2) is 50.5 Å². The van der Waals surface area contributed by atoms with E-state index in [1.54, 1.807) is 7.11 Å². The zero-order chi connectivity index (χ0) is 15.2. The van der Waals surface area contributed by atoms with Gasteiger partial charge in [-0.2, -0.15) is 0 Å². The predicted molar refractivity (Wildman–Crippen MR) is 86.2 cm³/mol. The van der Waals surface area contributed by atoms with Gasteiger partial charge in [-0.05, 0) is 43.4 Å². The lowest BCUT2D eigenvalue weighted by Gasteiger charge is -2.35. The van der Waals surface area contributed by atoms with Gasteiger partial charge in [0.2, 0.25) is 0 Å². The van der Waals surface area contributed by atoms with Crippen LogP contribution in [0.3, 0.4) is 0 Å². The van der Waals surface area contributed by atoms with Gasteiger partial charge in [0.05, 0.1) is 19.3 Å². The first-order valence-electron chi connectivity index (χ1n) is 8.42. The minimum Gasteiger partial charge on any atom is -0.497 e. The van der Waals surface area contributed by atoms with E-state index in [4.69, 9.17) is 14.2 Å².